The van der Waals surface area contributed by atoms with Crippen molar-refractivity contribution in [2.75, 3.05) is 0 Å². The Kier molecular flexibility index (Phi) is 3.42. The minimum Gasteiger partial charge on any atom is -0.160 e. The van der Waals surface area contributed by atoms with Gasteiger partial charge >= 0.3 is 0 Å². The molecule has 1 rings (SSSR count). The smallest absolute Gasteiger partial charge is 0.0825 e. The second-order valence-electron chi connectivity index (χ2n) is 2.19. The molecule has 1 aromatic rings. The maximum absolute atomic E-state index is 12.4. The van der Waals surface area contributed by atoms with Gasteiger partial charge in [0.1, 0.15) is 0 Å². The van der Waals surface area contributed by atoms with E-state index in [0.29, 0.717) is 20.5 Å². The number of halogens is 2. The normalized spacial score (nSPS) is 8.92. The first-order valence-electron chi connectivity index (χ1n) is 3.28. The van der Waals surface area contributed by atoms with E-state index in [4.69, 9.17) is 12.8 Å². The summed E-state index contributed by atoms with van der Waals surface area (Å²) in [5.74, 6) is 4.81. The van der Waals surface area contributed by atoms with Crippen molar-refractivity contribution < 1.29 is 3.89 Å². The van der Waals surface area contributed by atoms with Crippen LogP contribution in [0.5, 0.6) is 0 Å². The number of rotatable bonds is 1. The van der Waals surface area contributed by atoms with Crippen LogP contribution in [-0.4, -0.2) is 0 Å². The van der Waals surface area contributed by atoms with Gasteiger partial charge in [-0.2, -0.15) is 3.89 Å². The topological polar surface area (TPSA) is 0 Å². The zero-order chi connectivity index (χ0) is 9.84. The van der Waals surface area contributed by atoms with Crippen LogP contribution in [0.4, 0.5) is 3.89 Å². The average molecular weight is 255 g/mol. The Morgan fingerprint density at radius 3 is 2.31 bits per heavy atom. The fourth-order valence-corrected chi connectivity index (χ4v) is 1.66. The van der Waals surface area contributed by atoms with Gasteiger partial charge in [0.25, 0.3) is 0 Å². The number of hydrogen-bond donors (Lipinski definition) is 0. The monoisotopic (exact) mass is 254 g/mol. The molecule has 0 saturated heterocycles. The summed E-state index contributed by atoms with van der Waals surface area (Å²) in [4.78, 5) is 0.374. The summed E-state index contributed by atoms with van der Waals surface area (Å²) >= 11 is 3.34. The Morgan fingerprint density at radius 1 is 1.23 bits per heavy atom. The molecule has 0 amide bonds. The molecule has 13 heavy (non-hydrogen) atoms. The third-order valence-corrected chi connectivity index (χ3v) is 2.62. The van der Waals surface area contributed by atoms with Crippen molar-refractivity contribution >= 4 is 28.1 Å². The number of terminal acetylenes is 2. The predicted molar refractivity (Wildman–Crippen MR) is 57.0 cm³/mol. The Hall–Kier alpha value is -0.900. The van der Waals surface area contributed by atoms with Crippen molar-refractivity contribution in [2.24, 2.45) is 0 Å². The quantitative estimate of drug-likeness (QED) is 0.693. The van der Waals surface area contributed by atoms with Crippen LogP contribution < -0.4 is 0 Å². The number of benzene rings is 1. The van der Waals surface area contributed by atoms with Gasteiger partial charge in [-0.1, -0.05) is 11.8 Å². The van der Waals surface area contributed by atoms with Crippen molar-refractivity contribution in [3.05, 3.63) is 27.7 Å². The molecule has 0 spiro atoms. The molecule has 0 aliphatic heterocycles. The fraction of sp³-hybridized carbons (Fsp3) is 0. The molecule has 0 saturated carbocycles. The first-order valence-corrected chi connectivity index (χ1v) is 4.79. The van der Waals surface area contributed by atoms with E-state index in [1.807, 2.05) is 0 Å². The third-order valence-electron chi connectivity index (χ3n) is 1.46. The van der Waals surface area contributed by atoms with E-state index in [2.05, 4.69) is 27.8 Å². The van der Waals surface area contributed by atoms with Gasteiger partial charge in [0.05, 0.1) is 17.0 Å². The van der Waals surface area contributed by atoms with Crippen LogP contribution in [0.25, 0.3) is 0 Å². The van der Waals surface area contributed by atoms with E-state index < -0.39 is 0 Å². The molecular formula is C10H4BrFS. The Balaban J connectivity index is 3.39. The van der Waals surface area contributed by atoms with Gasteiger partial charge in [0.15, 0.2) is 0 Å². The lowest BCUT2D eigenvalue weighted by atomic mass is 10.1. The molecule has 0 bridgehead atoms. The van der Waals surface area contributed by atoms with Crippen LogP contribution in [0.2, 0.25) is 0 Å². The van der Waals surface area contributed by atoms with Gasteiger partial charge in [0.2, 0.25) is 0 Å². The van der Waals surface area contributed by atoms with Crippen molar-refractivity contribution in [3.63, 3.8) is 0 Å². The SMILES string of the molecule is C#Cc1cc(SF)c(C#C)cc1Br. The predicted octanol–water partition coefficient (Wildman–Crippen LogP) is 3.39. The summed E-state index contributed by atoms with van der Waals surface area (Å²) in [5, 5.41) is 0. The largest absolute Gasteiger partial charge is 0.160 e. The van der Waals surface area contributed by atoms with E-state index >= 15 is 0 Å². The molecule has 1 aromatic carbocycles. The molecule has 0 unspecified atom stereocenters. The van der Waals surface area contributed by atoms with Gasteiger partial charge in [-0.25, -0.2) is 0 Å². The maximum atomic E-state index is 12.4. The molecule has 0 atom stereocenters. The lowest BCUT2D eigenvalue weighted by Crippen LogP contribution is -1.84. The second kappa shape index (κ2) is 4.37. The highest BCUT2D eigenvalue weighted by Gasteiger charge is 2.06. The molecule has 64 valence electrons. The van der Waals surface area contributed by atoms with Crippen LogP contribution in [-0.2, 0) is 0 Å². The van der Waals surface area contributed by atoms with Crippen LogP contribution in [0.15, 0.2) is 21.5 Å². The van der Waals surface area contributed by atoms with E-state index in [1.54, 1.807) is 12.1 Å². The van der Waals surface area contributed by atoms with Crippen LogP contribution in [0.3, 0.4) is 0 Å². The second-order valence-corrected chi connectivity index (χ2v) is 3.64. The molecule has 0 N–H and O–H groups in total. The lowest BCUT2D eigenvalue weighted by molar-refractivity contribution is 0.933. The summed E-state index contributed by atoms with van der Waals surface area (Å²) in [6.45, 7) is 0. The van der Waals surface area contributed by atoms with Crippen molar-refractivity contribution in [3.8, 4) is 24.7 Å². The van der Waals surface area contributed by atoms with Gasteiger partial charge in [-0.3, -0.25) is 0 Å². The zero-order valence-electron chi connectivity index (χ0n) is 6.47. The Morgan fingerprint density at radius 2 is 1.85 bits per heavy atom. The first-order chi connectivity index (χ1) is 6.22. The fourth-order valence-electron chi connectivity index (χ4n) is 0.841. The Bertz CT molecular complexity index is 412. The Labute approximate surface area is 89.3 Å². The van der Waals surface area contributed by atoms with Crippen molar-refractivity contribution in [1.29, 1.82) is 0 Å². The molecule has 0 nitrogen and oxygen atoms in total. The van der Waals surface area contributed by atoms with E-state index in [1.165, 1.54) is 0 Å². The van der Waals surface area contributed by atoms with Gasteiger partial charge in [-0.05, 0) is 28.1 Å². The summed E-state index contributed by atoms with van der Waals surface area (Å²) in [5.41, 5.74) is 1.09. The average Bonchev–Trinajstić information content (AvgIpc) is 2.17. The molecule has 0 aliphatic carbocycles. The molecular weight excluding hydrogens is 251 g/mol. The molecule has 0 aliphatic rings. The van der Waals surface area contributed by atoms with Crippen LogP contribution in [0.1, 0.15) is 11.1 Å². The molecule has 0 heterocycles. The first kappa shape index (κ1) is 10.2. The summed E-state index contributed by atoms with van der Waals surface area (Å²) in [7, 11) is 0. The lowest BCUT2D eigenvalue weighted by Gasteiger charge is -2.01. The van der Waals surface area contributed by atoms with Gasteiger partial charge in [0, 0.05) is 15.6 Å². The highest BCUT2D eigenvalue weighted by atomic mass is 79.9. The summed E-state index contributed by atoms with van der Waals surface area (Å²) < 4.78 is 13.1. The number of hydrogen-bond acceptors (Lipinski definition) is 1. The molecule has 0 fully saturated rings. The standard InChI is InChI=1S/C10H4BrFS/c1-3-7-6-10(13-12)8(4-2)5-9(7)11/h1-2,5-6H. The van der Waals surface area contributed by atoms with Gasteiger partial charge < -0.3 is 0 Å². The third kappa shape index (κ3) is 2.06. The maximum Gasteiger partial charge on any atom is 0.0825 e. The summed E-state index contributed by atoms with van der Waals surface area (Å²) in [6, 6.07) is 3.18. The van der Waals surface area contributed by atoms with Crippen molar-refractivity contribution in [2.45, 2.75) is 4.90 Å². The highest BCUT2D eigenvalue weighted by Crippen LogP contribution is 2.28. The van der Waals surface area contributed by atoms with E-state index in [-0.39, 0.29) is 12.1 Å². The van der Waals surface area contributed by atoms with Crippen LogP contribution in [0, 0.1) is 24.7 Å². The summed E-state index contributed by atoms with van der Waals surface area (Å²) in [6.07, 6.45) is 10.4. The van der Waals surface area contributed by atoms with E-state index in [0.717, 1.165) is 0 Å². The minimum absolute atomic E-state index is 0.0994. The van der Waals surface area contributed by atoms with Crippen LogP contribution >= 0.6 is 28.1 Å². The van der Waals surface area contributed by atoms with Gasteiger partial charge in [-0.15, -0.1) is 12.8 Å². The molecule has 0 radical (unpaired) electrons. The highest BCUT2D eigenvalue weighted by molar-refractivity contribution is 9.10. The van der Waals surface area contributed by atoms with E-state index in [9.17, 15) is 3.89 Å². The van der Waals surface area contributed by atoms with Crippen molar-refractivity contribution in [1.82, 2.24) is 0 Å². The minimum atomic E-state index is 0.0994. The molecule has 0 aromatic heterocycles. The zero-order valence-corrected chi connectivity index (χ0v) is 8.88. The molecule has 3 heteroatoms.